The van der Waals surface area contributed by atoms with Crippen molar-refractivity contribution in [1.82, 2.24) is 10.2 Å². The summed E-state index contributed by atoms with van der Waals surface area (Å²) >= 11 is 0. The van der Waals surface area contributed by atoms with Gasteiger partial charge in [0.25, 0.3) is 0 Å². The minimum atomic E-state index is -3.48. The average molecular weight is 454 g/mol. The van der Waals surface area contributed by atoms with E-state index >= 15 is 0 Å². The van der Waals surface area contributed by atoms with Crippen molar-refractivity contribution in [3.63, 3.8) is 0 Å². The Balaban J connectivity index is 1.42. The van der Waals surface area contributed by atoms with Crippen LogP contribution < -0.4 is 19.1 Å². The van der Waals surface area contributed by atoms with E-state index in [2.05, 4.69) is 10.2 Å². The van der Waals surface area contributed by atoms with Gasteiger partial charge in [0.15, 0.2) is 11.5 Å². The molecule has 1 amide bonds. The SMILES string of the molecule is CS(=O)(=O)N(CCCC(=O)NCCCN1CCCCCC1)c1ccc2c(c1)OCCO2. The van der Waals surface area contributed by atoms with Gasteiger partial charge < -0.3 is 19.7 Å². The van der Waals surface area contributed by atoms with Gasteiger partial charge in [-0.05, 0) is 57.5 Å². The molecule has 2 heterocycles. The summed E-state index contributed by atoms with van der Waals surface area (Å²) in [4.78, 5) is 14.7. The zero-order valence-electron chi connectivity index (χ0n) is 18.5. The molecule has 31 heavy (non-hydrogen) atoms. The summed E-state index contributed by atoms with van der Waals surface area (Å²) in [5.41, 5.74) is 0.518. The first kappa shape index (κ1) is 23.7. The lowest BCUT2D eigenvalue weighted by atomic mass is 10.2. The van der Waals surface area contributed by atoms with Gasteiger partial charge in [0.05, 0.1) is 11.9 Å². The van der Waals surface area contributed by atoms with Gasteiger partial charge in [-0.25, -0.2) is 8.42 Å². The van der Waals surface area contributed by atoms with Gasteiger partial charge in [0, 0.05) is 25.6 Å². The topological polar surface area (TPSA) is 88.2 Å². The number of nitrogens with zero attached hydrogens (tertiary/aromatic N) is 2. The summed E-state index contributed by atoms with van der Waals surface area (Å²) < 4.78 is 37.0. The molecule has 174 valence electrons. The third-order valence-electron chi connectivity index (χ3n) is 5.65. The third kappa shape index (κ3) is 7.57. The molecule has 0 aromatic heterocycles. The Morgan fingerprint density at radius 2 is 1.77 bits per heavy atom. The van der Waals surface area contributed by atoms with E-state index in [0.29, 0.717) is 49.8 Å². The van der Waals surface area contributed by atoms with E-state index in [9.17, 15) is 13.2 Å². The molecule has 3 rings (SSSR count). The average Bonchev–Trinajstić information content (AvgIpc) is 3.02. The predicted octanol–water partition coefficient (Wildman–Crippen LogP) is 2.39. The molecule has 0 radical (unpaired) electrons. The molecule has 0 aliphatic carbocycles. The molecule has 2 aliphatic rings. The number of hydrogen-bond donors (Lipinski definition) is 1. The number of amides is 1. The zero-order chi connectivity index (χ0) is 22.1. The molecule has 0 bridgehead atoms. The van der Waals surface area contributed by atoms with Crippen molar-refractivity contribution in [3.05, 3.63) is 18.2 Å². The van der Waals surface area contributed by atoms with Crippen molar-refractivity contribution in [3.8, 4) is 11.5 Å². The number of benzene rings is 1. The Hall–Kier alpha value is -2.00. The van der Waals surface area contributed by atoms with Crippen LogP contribution in [0.4, 0.5) is 5.69 Å². The highest BCUT2D eigenvalue weighted by Crippen LogP contribution is 2.34. The fraction of sp³-hybridized carbons (Fsp3) is 0.682. The number of anilines is 1. The van der Waals surface area contributed by atoms with Crippen LogP contribution in [-0.2, 0) is 14.8 Å². The van der Waals surface area contributed by atoms with Crippen molar-refractivity contribution in [2.24, 2.45) is 0 Å². The maximum absolute atomic E-state index is 12.3. The molecule has 8 nitrogen and oxygen atoms in total. The van der Waals surface area contributed by atoms with Gasteiger partial charge >= 0.3 is 0 Å². The fourth-order valence-corrected chi connectivity index (χ4v) is 4.99. The first-order chi connectivity index (χ1) is 14.9. The van der Waals surface area contributed by atoms with Crippen LogP contribution in [0.25, 0.3) is 0 Å². The lowest BCUT2D eigenvalue weighted by molar-refractivity contribution is -0.121. The van der Waals surface area contributed by atoms with Gasteiger partial charge in [0.2, 0.25) is 15.9 Å². The quantitative estimate of drug-likeness (QED) is 0.548. The molecule has 0 atom stereocenters. The number of likely N-dealkylation sites (tertiary alicyclic amines) is 1. The summed E-state index contributed by atoms with van der Waals surface area (Å²) in [5, 5.41) is 2.96. The number of carbonyl (C=O) groups is 1. The molecule has 0 saturated carbocycles. The molecule has 9 heteroatoms. The number of rotatable bonds is 10. The number of nitrogens with one attached hydrogen (secondary N) is 1. The number of carbonyl (C=O) groups excluding carboxylic acids is 1. The molecule has 1 aromatic carbocycles. The van der Waals surface area contributed by atoms with Crippen molar-refractivity contribution in [2.75, 3.05) is 56.5 Å². The van der Waals surface area contributed by atoms with Gasteiger partial charge in [-0.15, -0.1) is 0 Å². The van der Waals surface area contributed by atoms with Crippen LogP contribution in [0.2, 0.25) is 0 Å². The molecular formula is C22H35N3O5S. The minimum Gasteiger partial charge on any atom is -0.486 e. The number of ether oxygens (including phenoxy) is 2. The Labute approximate surface area is 185 Å². The van der Waals surface area contributed by atoms with Crippen LogP contribution in [0.5, 0.6) is 11.5 Å². The lowest BCUT2D eigenvalue weighted by Crippen LogP contribution is -2.33. The third-order valence-corrected chi connectivity index (χ3v) is 6.85. The first-order valence-corrected chi connectivity index (χ1v) is 13.1. The molecule has 2 aliphatic heterocycles. The summed E-state index contributed by atoms with van der Waals surface area (Å²) in [6.07, 6.45) is 8.04. The lowest BCUT2D eigenvalue weighted by Gasteiger charge is -2.25. The Morgan fingerprint density at radius 3 is 2.48 bits per heavy atom. The number of hydrogen-bond acceptors (Lipinski definition) is 6. The highest BCUT2D eigenvalue weighted by atomic mass is 32.2. The van der Waals surface area contributed by atoms with Crippen LogP contribution in [0, 0.1) is 0 Å². The molecular weight excluding hydrogens is 418 g/mol. The molecule has 0 spiro atoms. The van der Waals surface area contributed by atoms with Gasteiger partial charge in [-0.3, -0.25) is 9.10 Å². The second kappa shape index (κ2) is 11.6. The van der Waals surface area contributed by atoms with Gasteiger partial charge in [-0.1, -0.05) is 12.8 Å². The van der Waals surface area contributed by atoms with Crippen LogP contribution in [-0.4, -0.2) is 71.4 Å². The summed E-state index contributed by atoms with van der Waals surface area (Å²) in [7, 11) is -3.48. The van der Waals surface area contributed by atoms with E-state index in [1.165, 1.54) is 36.2 Å². The van der Waals surface area contributed by atoms with Crippen LogP contribution >= 0.6 is 0 Å². The monoisotopic (exact) mass is 453 g/mol. The smallest absolute Gasteiger partial charge is 0.232 e. The second-order valence-electron chi connectivity index (χ2n) is 8.23. The van der Waals surface area contributed by atoms with Crippen LogP contribution in [0.15, 0.2) is 18.2 Å². The maximum Gasteiger partial charge on any atom is 0.232 e. The molecule has 0 unspecified atom stereocenters. The zero-order valence-corrected chi connectivity index (χ0v) is 19.3. The molecule has 1 saturated heterocycles. The van der Waals surface area contributed by atoms with E-state index < -0.39 is 10.0 Å². The predicted molar refractivity (Wildman–Crippen MR) is 121 cm³/mol. The molecule has 1 N–H and O–H groups in total. The molecule has 1 aromatic rings. The normalized spacial score (nSPS) is 17.1. The Kier molecular flexibility index (Phi) is 8.83. The minimum absolute atomic E-state index is 0.0357. The fourth-order valence-electron chi connectivity index (χ4n) is 4.04. The van der Waals surface area contributed by atoms with E-state index in [1.807, 2.05) is 0 Å². The standard InChI is InChI=1S/C22H35N3O5S/c1-31(27,28)25(19-9-10-20-21(18-19)30-17-16-29-20)15-6-8-22(26)23-11-7-14-24-12-4-2-3-5-13-24/h9-10,18H,2-8,11-17H2,1H3,(H,23,26). The Bertz CT molecular complexity index is 822. The largest absolute Gasteiger partial charge is 0.486 e. The van der Waals surface area contributed by atoms with E-state index in [-0.39, 0.29) is 12.5 Å². The highest BCUT2D eigenvalue weighted by Gasteiger charge is 2.21. The van der Waals surface area contributed by atoms with Crippen LogP contribution in [0.3, 0.4) is 0 Å². The van der Waals surface area contributed by atoms with Crippen molar-refractivity contribution in [1.29, 1.82) is 0 Å². The van der Waals surface area contributed by atoms with Crippen molar-refractivity contribution < 1.29 is 22.7 Å². The van der Waals surface area contributed by atoms with Crippen molar-refractivity contribution in [2.45, 2.75) is 44.9 Å². The summed E-state index contributed by atoms with van der Waals surface area (Å²) in [5.74, 6) is 1.12. The van der Waals surface area contributed by atoms with E-state index in [0.717, 1.165) is 26.1 Å². The van der Waals surface area contributed by atoms with E-state index in [4.69, 9.17) is 9.47 Å². The molecule has 1 fully saturated rings. The van der Waals surface area contributed by atoms with Crippen LogP contribution in [0.1, 0.15) is 44.9 Å². The first-order valence-electron chi connectivity index (χ1n) is 11.3. The Morgan fingerprint density at radius 1 is 1.06 bits per heavy atom. The summed E-state index contributed by atoms with van der Waals surface area (Å²) in [6, 6.07) is 5.11. The van der Waals surface area contributed by atoms with Gasteiger partial charge in [0.1, 0.15) is 13.2 Å². The van der Waals surface area contributed by atoms with Crippen molar-refractivity contribution >= 4 is 21.6 Å². The highest BCUT2D eigenvalue weighted by molar-refractivity contribution is 7.92. The number of fused-ring (bicyclic) bond motifs is 1. The second-order valence-corrected chi connectivity index (χ2v) is 10.1. The van der Waals surface area contributed by atoms with Gasteiger partial charge in [-0.2, -0.15) is 0 Å². The summed E-state index contributed by atoms with van der Waals surface area (Å²) in [6.45, 7) is 5.16. The van der Waals surface area contributed by atoms with E-state index in [1.54, 1.807) is 18.2 Å². The maximum atomic E-state index is 12.3. The number of sulfonamides is 1.